The van der Waals surface area contributed by atoms with Crippen LogP contribution in [0.4, 0.5) is 0 Å². The van der Waals surface area contributed by atoms with E-state index in [1.165, 1.54) is 0 Å². The molecule has 2 saturated heterocycles. The molecule has 2 fully saturated rings. The molecule has 0 saturated carbocycles. The van der Waals surface area contributed by atoms with Gasteiger partial charge < -0.3 is 15.4 Å². The molecule has 2 aliphatic rings. The fourth-order valence-electron chi connectivity index (χ4n) is 2.92. The Morgan fingerprint density at radius 3 is 2.59 bits per heavy atom. The lowest BCUT2D eigenvalue weighted by Crippen LogP contribution is -2.47. The number of hydrogen-bond acceptors (Lipinski definition) is 3. The van der Waals surface area contributed by atoms with Gasteiger partial charge in [0.2, 0.25) is 5.91 Å². The largest absolute Gasteiger partial charge is 0.381 e. The molecule has 100 valence electrons. The van der Waals surface area contributed by atoms with Crippen LogP contribution in [0.3, 0.4) is 0 Å². The van der Waals surface area contributed by atoms with Crippen molar-refractivity contribution < 1.29 is 9.53 Å². The van der Waals surface area contributed by atoms with Gasteiger partial charge in [-0.05, 0) is 38.5 Å². The van der Waals surface area contributed by atoms with E-state index in [2.05, 4.69) is 0 Å². The quantitative estimate of drug-likeness (QED) is 0.813. The Bertz CT molecular complexity index is 255. The predicted octanol–water partition coefficient (Wildman–Crippen LogP) is 1.17. The molecule has 5 heteroatoms. The number of carbonyl (C=O) groups excluding carboxylic acids is 1. The third kappa shape index (κ3) is 3.33. The van der Waals surface area contributed by atoms with Crippen molar-refractivity contribution in [2.75, 3.05) is 19.8 Å². The molecule has 1 amide bonds. The molecule has 2 heterocycles. The van der Waals surface area contributed by atoms with Gasteiger partial charge in [-0.2, -0.15) is 0 Å². The van der Waals surface area contributed by atoms with Gasteiger partial charge >= 0.3 is 0 Å². The molecule has 0 aliphatic carbocycles. The summed E-state index contributed by atoms with van der Waals surface area (Å²) in [5.74, 6) is 0.743. The van der Waals surface area contributed by atoms with Crippen LogP contribution in [0.2, 0.25) is 0 Å². The summed E-state index contributed by atoms with van der Waals surface area (Å²) in [7, 11) is 0. The normalized spacial score (nSPS) is 27.6. The number of nitrogens with two attached hydrogens (primary N) is 1. The standard InChI is InChI=1S/C12H22N2O2.ClH/c1-9(13)12(15)14-6-2-3-11(14)10-4-7-16-8-5-10;/h9-11H,2-8,13H2,1H3;1H/t9-,11?;/m1./s1. The monoisotopic (exact) mass is 262 g/mol. The average molecular weight is 263 g/mol. The van der Waals surface area contributed by atoms with Gasteiger partial charge in [-0.25, -0.2) is 0 Å². The van der Waals surface area contributed by atoms with Gasteiger partial charge in [-0.1, -0.05) is 0 Å². The summed E-state index contributed by atoms with van der Waals surface area (Å²) in [6, 6.07) is 0.0582. The molecule has 2 atom stereocenters. The summed E-state index contributed by atoms with van der Waals surface area (Å²) < 4.78 is 5.37. The summed E-state index contributed by atoms with van der Waals surface area (Å²) in [5, 5.41) is 0. The van der Waals surface area contributed by atoms with Crippen molar-refractivity contribution in [3.8, 4) is 0 Å². The zero-order chi connectivity index (χ0) is 11.5. The van der Waals surface area contributed by atoms with Crippen LogP contribution < -0.4 is 5.73 Å². The number of likely N-dealkylation sites (tertiary alicyclic amines) is 1. The van der Waals surface area contributed by atoms with E-state index >= 15 is 0 Å². The first-order chi connectivity index (χ1) is 7.70. The van der Waals surface area contributed by atoms with Crippen molar-refractivity contribution in [2.24, 2.45) is 11.7 Å². The van der Waals surface area contributed by atoms with E-state index < -0.39 is 0 Å². The van der Waals surface area contributed by atoms with Crippen molar-refractivity contribution in [1.29, 1.82) is 0 Å². The van der Waals surface area contributed by atoms with Crippen molar-refractivity contribution in [1.82, 2.24) is 4.90 Å². The van der Waals surface area contributed by atoms with E-state index in [0.717, 1.165) is 45.4 Å². The second-order valence-corrected chi connectivity index (χ2v) is 4.98. The molecule has 17 heavy (non-hydrogen) atoms. The lowest BCUT2D eigenvalue weighted by atomic mass is 9.90. The van der Waals surface area contributed by atoms with Gasteiger partial charge in [-0.3, -0.25) is 4.79 Å². The van der Waals surface area contributed by atoms with Gasteiger partial charge in [0, 0.05) is 25.8 Å². The Morgan fingerprint density at radius 1 is 1.35 bits per heavy atom. The number of ether oxygens (including phenoxy) is 1. The van der Waals surface area contributed by atoms with Crippen LogP contribution in [-0.4, -0.2) is 42.6 Å². The van der Waals surface area contributed by atoms with E-state index in [-0.39, 0.29) is 24.4 Å². The Labute approximate surface area is 109 Å². The van der Waals surface area contributed by atoms with Crippen LogP contribution in [0.25, 0.3) is 0 Å². The van der Waals surface area contributed by atoms with Gasteiger partial charge in [-0.15, -0.1) is 12.4 Å². The zero-order valence-electron chi connectivity index (χ0n) is 10.4. The average Bonchev–Trinajstić information content (AvgIpc) is 2.77. The summed E-state index contributed by atoms with van der Waals surface area (Å²) in [6.45, 7) is 4.37. The van der Waals surface area contributed by atoms with Gasteiger partial charge in [0.15, 0.2) is 0 Å². The van der Waals surface area contributed by atoms with Crippen LogP contribution in [-0.2, 0) is 9.53 Å². The molecule has 0 radical (unpaired) electrons. The Hall–Kier alpha value is -0.320. The molecule has 2 N–H and O–H groups in total. The van der Waals surface area contributed by atoms with Crippen molar-refractivity contribution in [3.63, 3.8) is 0 Å². The molecule has 2 aliphatic heterocycles. The highest BCUT2D eigenvalue weighted by Gasteiger charge is 2.36. The van der Waals surface area contributed by atoms with Crippen LogP contribution in [0.15, 0.2) is 0 Å². The fourth-order valence-corrected chi connectivity index (χ4v) is 2.92. The molecule has 0 aromatic carbocycles. The van der Waals surface area contributed by atoms with E-state index in [4.69, 9.17) is 10.5 Å². The minimum atomic E-state index is -0.361. The first-order valence-electron chi connectivity index (χ1n) is 6.34. The summed E-state index contributed by atoms with van der Waals surface area (Å²) in [6.07, 6.45) is 4.45. The van der Waals surface area contributed by atoms with E-state index in [9.17, 15) is 4.79 Å². The minimum absolute atomic E-state index is 0. The second kappa shape index (κ2) is 6.57. The van der Waals surface area contributed by atoms with Crippen molar-refractivity contribution in [3.05, 3.63) is 0 Å². The molecule has 4 nitrogen and oxygen atoms in total. The predicted molar refractivity (Wildman–Crippen MR) is 69.2 cm³/mol. The minimum Gasteiger partial charge on any atom is -0.381 e. The number of carbonyl (C=O) groups is 1. The Balaban J connectivity index is 0.00000144. The van der Waals surface area contributed by atoms with E-state index in [1.54, 1.807) is 6.92 Å². The highest BCUT2D eigenvalue weighted by molar-refractivity contribution is 5.85. The summed E-state index contributed by atoms with van der Waals surface area (Å²) in [4.78, 5) is 14.0. The molecule has 1 unspecified atom stereocenters. The molecule has 2 rings (SSSR count). The van der Waals surface area contributed by atoms with Gasteiger partial charge in [0.05, 0.1) is 6.04 Å². The number of rotatable bonds is 2. The second-order valence-electron chi connectivity index (χ2n) is 4.98. The number of hydrogen-bond donors (Lipinski definition) is 1. The van der Waals surface area contributed by atoms with Gasteiger partial charge in [0.25, 0.3) is 0 Å². The Kier molecular flexibility index (Phi) is 5.70. The molecule has 0 aromatic heterocycles. The number of halogens is 1. The smallest absolute Gasteiger partial charge is 0.239 e. The Morgan fingerprint density at radius 2 is 2.00 bits per heavy atom. The SMILES string of the molecule is C[C@@H](N)C(=O)N1CCCC1C1CCOCC1.Cl. The maximum Gasteiger partial charge on any atom is 0.239 e. The molecule has 0 spiro atoms. The molecular formula is C12H23ClN2O2. The molecular weight excluding hydrogens is 240 g/mol. The summed E-state index contributed by atoms with van der Waals surface area (Å²) >= 11 is 0. The van der Waals surface area contributed by atoms with Gasteiger partial charge in [0.1, 0.15) is 0 Å². The van der Waals surface area contributed by atoms with Crippen LogP contribution in [0, 0.1) is 5.92 Å². The van der Waals surface area contributed by atoms with E-state index in [1.807, 2.05) is 4.90 Å². The van der Waals surface area contributed by atoms with Crippen molar-refractivity contribution in [2.45, 2.75) is 44.7 Å². The van der Waals surface area contributed by atoms with Crippen LogP contribution in [0.1, 0.15) is 32.6 Å². The van der Waals surface area contributed by atoms with Crippen LogP contribution in [0.5, 0.6) is 0 Å². The summed E-state index contributed by atoms with van der Waals surface area (Å²) in [5.41, 5.74) is 5.69. The molecule has 0 bridgehead atoms. The number of nitrogens with zero attached hydrogens (tertiary/aromatic N) is 1. The maximum absolute atomic E-state index is 12.0. The lowest BCUT2D eigenvalue weighted by molar-refractivity contribution is -0.134. The highest BCUT2D eigenvalue weighted by Crippen LogP contribution is 2.30. The zero-order valence-corrected chi connectivity index (χ0v) is 11.2. The first kappa shape index (κ1) is 14.7. The van der Waals surface area contributed by atoms with Crippen molar-refractivity contribution >= 4 is 18.3 Å². The van der Waals surface area contributed by atoms with E-state index in [0.29, 0.717) is 12.0 Å². The number of amides is 1. The topological polar surface area (TPSA) is 55.6 Å². The fraction of sp³-hybridized carbons (Fsp3) is 0.917. The third-order valence-corrected chi connectivity index (χ3v) is 3.78. The van der Waals surface area contributed by atoms with Crippen LogP contribution >= 0.6 is 12.4 Å². The highest BCUT2D eigenvalue weighted by atomic mass is 35.5. The third-order valence-electron chi connectivity index (χ3n) is 3.78. The molecule has 0 aromatic rings. The first-order valence-corrected chi connectivity index (χ1v) is 6.34. The lowest BCUT2D eigenvalue weighted by Gasteiger charge is -2.34. The maximum atomic E-state index is 12.0.